The van der Waals surface area contributed by atoms with Crippen molar-refractivity contribution in [2.45, 2.75) is 6.92 Å². The first-order chi connectivity index (χ1) is 13.1. The number of hydrogen-bond acceptors (Lipinski definition) is 4. The van der Waals surface area contributed by atoms with Crippen molar-refractivity contribution < 1.29 is 13.2 Å². The number of carbonyl (C=O) groups excluding carboxylic acids is 1. The van der Waals surface area contributed by atoms with Gasteiger partial charge in [-0.1, -0.05) is 29.3 Å². The Hall–Kier alpha value is -1.96. The monoisotopic (exact) mass is 441 g/mol. The number of carbonyl (C=O) groups is 1. The summed E-state index contributed by atoms with van der Waals surface area (Å²) in [6.07, 6.45) is 1.06. The summed E-state index contributed by atoms with van der Waals surface area (Å²) in [5, 5.41) is 0.971. The lowest BCUT2D eigenvalue weighted by atomic mass is 10.1. The molecular formula is C19H21Cl2N3O3S. The second kappa shape index (κ2) is 8.19. The first kappa shape index (κ1) is 20.8. The summed E-state index contributed by atoms with van der Waals surface area (Å²) < 4.78 is 25.2. The van der Waals surface area contributed by atoms with Crippen LogP contribution in [0.15, 0.2) is 36.4 Å². The first-order valence-electron chi connectivity index (χ1n) is 8.72. The van der Waals surface area contributed by atoms with Crippen LogP contribution in [-0.2, 0) is 10.0 Å². The lowest BCUT2D eigenvalue weighted by Gasteiger charge is -2.37. The van der Waals surface area contributed by atoms with E-state index in [9.17, 15) is 13.2 Å². The number of aryl methyl sites for hydroxylation is 1. The molecule has 0 aromatic heterocycles. The Labute approximate surface area is 175 Å². The highest BCUT2D eigenvalue weighted by Gasteiger charge is 2.25. The van der Waals surface area contributed by atoms with Gasteiger partial charge in [0.25, 0.3) is 5.91 Å². The fraction of sp³-hybridized carbons (Fsp3) is 0.316. The van der Waals surface area contributed by atoms with Crippen molar-refractivity contribution in [1.82, 2.24) is 4.90 Å². The third-order valence-corrected chi connectivity index (χ3v) is 5.75. The van der Waals surface area contributed by atoms with E-state index in [0.717, 1.165) is 17.5 Å². The average molecular weight is 442 g/mol. The Balaban J connectivity index is 1.73. The van der Waals surface area contributed by atoms with Gasteiger partial charge in [-0.2, -0.15) is 0 Å². The van der Waals surface area contributed by atoms with Gasteiger partial charge in [0.1, 0.15) is 0 Å². The molecule has 0 saturated carbocycles. The fourth-order valence-electron chi connectivity index (χ4n) is 3.21. The number of nitrogens with one attached hydrogen (secondary N) is 1. The molecule has 0 aliphatic carbocycles. The highest BCUT2D eigenvalue weighted by atomic mass is 35.5. The van der Waals surface area contributed by atoms with Crippen LogP contribution in [0.25, 0.3) is 0 Å². The first-order valence-corrected chi connectivity index (χ1v) is 11.4. The van der Waals surface area contributed by atoms with Crippen molar-refractivity contribution in [3.05, 3.63) is 57.6 Å². The summed E-state index contributed by atoms with van der Waals surface area (Å²) in [5.74, 6) is -0.218. The van der Waals surface area contributed by atoms with Gasteiger partial charge in [0.15, 0.2) is 0 Å². The second-order valence-electron chi connectivity index (χ2n) is 6.78. The Kier molecular flexibility index (Phi) is 6.07. The molecule has 3 rings (SSSR count). The number of sulfonamides is 1. The van der Waals surface area contributed by atoms with E-state index in [-0.39, 0.29) is 16.5 Å². The molecule has 28 heavy (non-hydrogen) atoms. The molecule has 1 saturated heterocycles. The van der Waals surface area contributed by atoms with E-state index >= 15 is 0 Å². The summed E-state index contributed by atoms with van der Waals surface area (Å²) in [4.78, 5) is 16.9. The molecule has 9 heteroatoms. The molecule has 0 spiro atoms. The quantitative estimate of drug-likeness (QED) is 0.785. The smallest absolute Gasteiger partial charge is 0.255 e. The maximum atomic E-state index is 12.9. The van der Waals surface area contributed by atoms with E-state index in [1.807, 2.05) is 25.1 Å². The van der Waals surface area contributed by atoms with Gasteiger partial charge in [0.2, 0.25) is 10.0 Å². The van der Waals surface area contributed by atoms with Gasteiger partial charge in [0.05, 0.1) is 16.8 Å². The SMILES string of the molecule is Cc1ccc(Cl)cc1N1CCN(C(=O)c2cc(NS(C)(=O)=O)ccc2Cl)CC1. The van der Waals surface area contributed by atoms with Crippen LogP contribution in [0.5, 0.6) is 0 Å². The van der Waals surface area contributed by atoms with Gasteiger partial charge < -0.3 is 9.80 Å². The number of anilines is 2. The number of nitrogens with zero attached hydrogens (tertiary/aromatic N) is 2. The lowest BCUT2D eigenvalue weighted by molar-refractivity contribution is 0.0747. The standard InChI is InChI=1S/C19H21Cl2N3O3S/c1-13-3-4-14(20)11-18(13)23-7-9-24(10-8-23)19(25)16-12-15(5-6-17(16)21)22-28(2,26)27/h3-6,11-12,22H,7-10H2,1-2H3. The molecule has 1 aliphatic heterocycles. The highest BCUT2D eigenvalue weighted by molar-refractivity contribution is 7.92. The van der Waals surface area contributed by atoms with E-state index in [1.165, 1.54) is 18.2 Å². The van der Waals surface area contributed by atoms with Crippen molar-refractivity contribution >= 4 is 50.5 Å². The van der Waals surface area contributed by atoms with Gasteiger partial charge in [-0.3, -0.25) is 9.52 Å². The molecular weight excluding hydrogens is 421 g/mol. The molecule has 1 amide bonds. The molecule has 1 fully saturated rings. The maximum absolute atomic E-state index is 12.9. The van der Waals surface area contributed by atoms with Crippen LogP contribution in [0, 0.1) is 6.92 Å². The van der Waals surface area contributed by atoms with Crippen LogP contribution in [0.1, 0.15) is 15.9 Å². The molecule has 6 nitrogen and oxygen atoms in total. The van der Waals surface area contributed by atoms with Crippen molar-refractivity contribution in [3.63, 3.8) is 0 Å². The molecule has 150 valence electrons. The molecule has 0 radical (unpaired) electrons. The summed E-state index contributed by atoms with van der Waals surface area (Å²) >= 11 is 12.3. The molecule has 1 heterocycles. The minimum atomic E-state index is -3.44. The van der Waals surface area contributed by atoms with E-state index in [4.69, 9.17) is 23.2 Å². The van der Waals surface area contributed by atoms with Crippen LogP contribution in [-0.4, -0.2) is 51.7 Å². The van der Waals surface area contributed by atoms with Crippen molar-refractivity contribution in [2.24, 2.45) is 0 Å². The zero-order valence-corrected chi connectivity index (χ0v) is 17.9. The molecule has 1 aliphatic rings. The number of rotatable bonds is 4. The molecule has 2 aromatic carbocycles. The zero-order valence-electron chi connectivity index (χ0n) is 15.6. The van der Waals surface area contributed by atoms with E-state index in [1.54, 1.807) is 4.90 Å². The molecule has 2 aromatic rings. The van der Waals surface area contributed by atoms with Crippen LogP contribution in [0.4, 0.5) is 11.4 Å². The number of benzene rings is 2. The summed E-state index contributed by atoms with van der Waals surface area (Å²) in [6, 6.07) is 10.3. The topological polar surface area (TPSA) is 69.7 Å². The maximum Gasteiger partial charge on any atom is 0.255 e. The van der Waals surface area contributed by atoms with Crippen LogP contribution in [0.3, 0.4) is 0 Å². The zero-order chi connectivity index (χ0) is 20.5. The largest absolute Gasteiger partial charge is 0.368 e. The van der Waals surface area contributed by atoms with Gasteiger partial charge >= 0.3 is 0 Å². The second-order valence-corrected chi connectivity index (χ2v) is 9.37. The average Bonchev–Trinajstić information content (AvgIpc) is 2.64. The number of amides is 1. The highest BCUT2D eigenvalue weighted by Crippen LogP contribution is 2.27. The summed E-state index contributed by atoms with van der Waals surface area (Å²) in [6.45, 7) is 4.44. The minimum Gasteiger partial charge on any atom is -0.368 e. The normalized spacial score (nSPS) is 14.9. The Morgan fingerprint density at radius 2 is 1.71 bits per heavy atom. The van der Waals surface area contributed by atoms with Gasteiger partial charge in [-0.05, 0) is 42.8 Å². The predicted molar refractivity (Wildman–Crippen MR) is 114 cm³/mol. The predicted octanol–water partition coefficient (Wildman–Crippen LogP) is 3.64. The Morgan fingerprint density at radius 3 is 2.36 bits per heavy atom. The van der Waals surface area contributed by atoms with Crippen molar-refractivity contribution in [1.29, 1.82) is 0 Å². The third-order valence-electron chi connectivity index (χ3n) is 4.58. The number of halogens is 2. The van der Waals surface area contributed by atoms with Gasteiger partial charge in [-0.15, -0.1) is 0 Å². The number of hydrogen-bond donors (Lipinski definition) is 1. The fourth-order valence-corrected chi connectivity index (χ4v) is 4.13. The molecule has 0 bridgehead atoms. The van der Waals surface area contributed by atoms with Crippen LogP contribution < -0.4 is 9.62 Å². The Bertz CT molecular complexity index is 1000. The Morgan fingerprint density at radius 1 is 1.04 bits per heavy atom. The van der Waals surface area contributed by atoms with Gasteiger partial charge in [-0.25, -0.2) is 8.42 Å². The van der Waals surface area contributed by atoms with E-state index < -0.39 is 10.0 Å². The third kappa shape index (κ3) is 4.90. The van der Waals surface area contributed by atoms with Crippen LogP contribution >= 0.6 is 23.2 Å². The summed E-state index contributed by atoms with van der Waals surface area (Å²) in [7, 11) is -3.44. The molecule has 1 N–H and O–H groups in total. The number of piperazine rings is 1. The van der Waals surface area contributed by atoms with Crippen LogP contribution in [0.2, 0.25) is 10.0 Å². The van der Waals surface area contributed by atoms with E-state index in [0.29, 0.717) is 36.9 Å². The van der Waals surface area contributed by atoms with Crippen molar-refractivity contribution in [2.75, 3.05) is 42.1 Å². The molecule has 0 unspecified atom stereocenters. The minimum absolute atomic E-state index is 0.218. The van der Waals surface area contributed by atoms with Gasteiger partial charge in [0, 0.05) is 42.6 Å². The van der Waals surface area contributed by atoms with Crippen molar-refractivity contribution in [3.8, 4) is 0 Å². The lowest BCUT2D eigenvalue weighted by Crippen LogP contribution is -2.49. The molecule has 0 atom stereocenters. The van der Waals surface area contributed by atoms with E-state index in [2.05, 4.69) is 9.62 Å². The summed E-state index contributed by atoms with van der Waals surface area (Å²) in [5.41, 5.74) is 2.79.